The average Bonchev–Trinajstić information content (AvgIpc) is 3.56. The molecule has 9 nitrogen and oxygen atoms in total. The number of aromatic nitrogens is 3. The molecule has 0 fully saturated rings. The van der Waals surface area contributed by atoms with Crippen molar-refractivity contribution in [3.05, 3.63) is 131 Å². The summed E-state index contributed by atoms with van der Waals surface area (Å²) in [6.07, 6.45) is 8.94. The fourth-order valence-corrected chi connectivity index (χ4v) is 6.23. The average molecular weight is 672 g/mol. The van der Waals surface area contributed by atoms with Crippen LogP contribution in [0.15, 0.2) is 104 Å². The monoisotopic (exact) mass is 671 g/mol. The molecule has 240 valence electrons. The Morgan fingerprint density at radius 2 is 1.94 bits per heavy atom. The maximum atomic E-state index is 13.5. The lowest BCUT2D eigenvalue weighted by atomic mass is 9.86. The second-order valence-electron chi connectivity index (χ2n) is 11.0. The number of halogens is 2. The van der Waals surface area contributed by atoms with Crippen LogP contribution in [0.5, 0.6) is 5.75 Å². The van der Waals surface area contributed by atoms with Gasteiger partial charge in [-0.05, 0) is 91.2 Å². The summed E-state index contributed by atoms with van der Waals surface area (Å²) in [6.45, 7) is 0.959. The van der Waals surface area contributed by atoms with Crippen molar-refractivity contribution in [3.8, 4) is 5.75 Å². The van der Waals surface area contributed by atoms with Gasteiger partial charge >= 0.3 is 0 Å². The molecule has 0 aliphatic carbocycles. The van der Waals surface area contributed by atoms with Crippen molar-refractivity contribution in [1.82, 2.24) is 20.3 Å². The normalized spacial score (nSPS) is 15.4. The van der Waals surface area contributed by atoms with Crippen molar-refractivity contribution in [2.24, 2.45) is 0 Å². The predicted octanol–water partition coefficient (Wildman–Crippen LogP) is 6.74. The lowest BCUT2D eigenvalue weighted by Gasteiger charge is -2.30. The number of rotatable bonds is 13. The van der Waals surface area contributed by atoms with Crippen LogP contribution in [0.4, 0.5) is 15.9 Å². The largest absolute Gasteiger partial charge is 0.490 e. The molecule has 0 radical (unpaired) electrons. The molecule has 2 aromatic heterocycles. The van der Waals surface area contributed by atoms with Crippen molar-refractivity contribution in [1.29, 1.82) is 0 Å². The number of nitrogens with zero attached hydrogens (tertiary/aromatic N) is 3. The molecule has 0 spiro atoms. The highest BCUT2D eigenvalue weighted by molar-refractivity contribution is 7.73. The van der Waals surface area contributed by atoms with E-state index in [0.29, 0.717) is 52.9 Å². The van der Waals surface area contributed by atoms with Crippen LogP contribution in [0.3, 0.4) is 0 Å². The fourth-order valence-electron chi connectivity index (χ4n) is 5.48. The van der Waals surface area contributed by atoms with E-state index in [9.17, 15) is 12.8 Å². The molecule has 5 aromatic rings. The van der Waals surface area contributed by atoms with Gasteiger partial charge in [-0.1, -0.05) is 35.9 Å². The number of anilines is 2. The van der Waals surface area contributed by atoms with Crippen LogP contribution in [0.25, 0.3) is 10.9 Å². The molecule has 1 unspecified atom stereocenters. The van der Waals surface area contributed by atoms with Gasteiger partial charge in [-0.2, -0.15) is 8.42 Å². The van der Waals surface area contributed by atoms with Crippen molar-refractivity contribution in [2.45, 2.75) is 31.5 Å². The van der Waals surface area contributed by atoms with Gasteiger partial charge in [0, 0.05) is 30.2 Å². The Labute approximate surface area is 278 Å². The van der Waals surface area contributed by atoms with Gasteiger partial charge in [-0.15, -0.1) is 0 Å². The van der Waals surface area contributed by atoms with E-state index >= 15 is 0 Å². The quantitative estimate of drug-likeness (QED) is 0.0798. The molecule has 2 N–H and O–H groups in total. The molecular formula is C35H31ClFN5O4S. The molecule has 0 bridgehead atoms. The number of hydrogen-bond donors (Lipinski definition) is 2. The van der Waals surface area contributed by atoms with Crippen molar-refractivity contribution in [3.63, 3.8) is 0 Å². The van der Waals surface area contributed by atoms with Gasteiger partial charge in [0.15, 0.2) is 0 Å². The van der Waals surface area contributed by atoms with E-state index in [1.807, 2.05) is 30.3 Å². The zero-order valence-corrected chi connectivity index (χ0v) is 26.8. The van der Waals surface area contributed by atoms with Crippen LogP contribution in [-0.4, -0.2) is 41.3 Å². The molecule has 3 heterocycles. The Kier molecular flexibility index (Phi) is 10.1. The zero-order valence-electron chi connectivity index (χ0n) is 25.2. The number of ether oxygens (including phenoxy) is 2. The summed E-state index contributed by atoms with van der Waals surface area (Å²) in [5, 5.41) is 7.81. The van der Waals surface area contributed by atoms with Crippen LogP contribution in [-0.2, 0) is 27.2 Å². The third kappa shape index (κ3) is 7.76. The molecule has 1 atom stereocenters. The molecule has 0 saturated heterocycles. The summed E-state index contributed by atoms with van der Waals surface area (Å²) < 4.78 is 49.2. The van der Waals surface area contributed by atoms with Gasteiger partial charge in [-0.25, -0.2) is 14.4 Å². The van der Waals surface area contributed by atoms with E-state index in [2.05, 4.69) is 25.6 Å². The Morgan fingerprint density at radius 1 is 1.02 bits per heavy atom. The minimum atomic E-state index is -2.38. The van der Waals surface area contributed by atoms with Gasteiger partial charge in [0.05, 0.1) is 22.5 Å². The van der Waals surface area contributed by atoms with Gasteiger partial charge < -0.3 is 20.1 Å². The minimum Gasteiger partial charge on any atom is -0.490 e. The highest BCUT2D eigenvalue weighted by Crippen LogP contribution is 2.40. The molecule has 1 aliphatic rings. The van der Waals surface area contributed by atoms with Crippen molar-refractivity contribution >= 4 is 49.2 Å². The van der Waals surface area contributed by atoms with E-state index in [1.165, 1.54) is 18.5 Å². The first-order valence-corrected chi connectivity index (χ1v) is 16.4. The first kappa shape index (κ1) is 32.1. The fraction of sp³-hybridized carbons (Fsp3) is 0.200. The Balaban J connectivity index is 1.14. The molecule has 47 heavy (non-hydrogen) atoms. The Hall–Kier alpha value is -4.84. The van der Waals surface area contributed by atoms with Crippen molar-refractivity contribution in [2.75, 3.05) is 18.4 Å². The molecule has 6 rings (SSSR count). The van der Waals surface area contributed by atoms with E-state index in [4.69, 9.17) is 21.1 Å². The Bertz CT molecular complexity index is 2040. The van der Waals surface area contributed by atoms with Crippen LogP contribution in [0, 0.1) is 5.82 Å². The number of benzene rings is 3. The summed E-state index contributed by atoms with van der Waals surface area (Å²) in [6, 6.07) is 22.8. The number of pyridine rings is 1. The van der Waals surface area contributed by atoms with Gasteiger partial charge in [0.25, 0.3) is 0 Å². The van der Waals surface area contributed by atoms with E-state index in [1.54, 1.807) is 54.9 Å². The van der Waals surface area contributed by atoms with Crippen LogP contribution in [0.2, 0.25) is 5.02 Å². The standard InChI is InChI=1S/C35H31ClFN5O4S/c36-29-20-27(10-12-32(29)45-22-24-6-3-7-26(37)18-24)42-34-28-19-25(9-11-30(28)40-23-41-34)35(14-5-17-46-35)13-4-15-38-21-33(47(43)44)31-8-1-2-16-39-31/h1-3,5-12,16-20,23,38H,4,13-15,21-22H2,(H,40,41,42). The minimum absolute atomic E-state index is 0.185. The van der Waals surface area contributed by atoms with E-state index < -0.39 is 15.9 Å². The zero-order chi connectivity index (χ0) is 32.6. The first-order chi connectivity index (χ1) is 22.9. The van der Waals surface area contributed by atoms with Gasteiger partial charge in [-0.3, -0.25) is 4.98 Å². The number of nitrogens with one attached hydrogen (secondary N) is 2. The van der Waals surface area contributed by atoms with Gasteiger partial charge in [0.1, 0.15) is 40.8 Å². The van der Waals surface area contributed by atoms with Crippen LogP contribution in [0.1, 0.15) is 36.1 Å². The molecular weight excluding hydrogens is 641 g/mol. The summed E-state index contributed by atoms with van der Waals surface area (Å²) in [5.74, 6) is 0.759. The molecule has 0 saturated carbocycles. The highest BCUT2D eigenvalue weighted by Gasteiger charge is 2.35. The van der Waals surface area contributed by atoms with E-state index in [0.717, 1.165) is 22.9 Å². The SMILES string of the molecule is O=S(=O)=C(CNCCCC1(c2ccc3ncnc(Nc4ccc(OCc5cccc(F)c5)c(Cl)c4)c3c2)CC=CO1)c1ccccn1. The second kappa shape index (κ2) is 14.7. The number of hydrogen-bond acceptors (Lipinski definition) is 9. The molecule has 3 aromatic carbocycles. The molecule has 0 amide bonds. The Morgan fingerprint density at radius 3 is 2.70 bits per heavy atom. The lowest BCUT2D eigenvalue weighted by Crippen LogP contribution is -2.29. The lowest BCUT2D eigenvalue weighted by molar-refractivity contribution is 0.0307. The highest BCUT2D eigenvalue weighted by atomic mass is 35.5. The second-order valence-corrected chi connectivity index (χ2v) is 12.4. The maximum Gasteiger partial charge on any atom is 0.220 e. The topological polar surface area (TPSA) is 115 Å². The van der Waals surface area contributed by atoms with Crippen LogP contribution >= 0.6 is 11.6 Å². The first-order valence-electron chi connectivity index (χ1n) is 15.0. The summed E-state index contributed by atoms with van der Waals surface area (Å²) in [7, 11) is -2.38. The van der Waals surface area contributed by atoms with Crippen molar-refractivity contribution < 1.29 is 22.3 Å². The summed E-state index contributed by atoms with van der Waals surface area (Å²) in [4.78, 5) is 13.4. The third-order valence-electron chi connectivity index (χ3n) is 7.85. The predicted molar refractivity (Wildman–Crippen MR) is 181 cm³/mol. The summed E-state index contributed by atoms with van der Waals surface area (Å²) in [5.41, 5.74) is 3.00. The maximum absolute atomic E-state index is 13.5. The smallest absolute Gasteiger partial charge is 0.220 e. The third-order valence-corrected chi connectivity index (χ3v) is 8.90. The summed E-state index contributed by atoms with van der Waals surface area (Å²) >= 11 is 6.54. The number of fused-ring (bicyclic) bond motifs is 1. The van der Waals surface area contributed by atoms with Crippen LogP contribution < -0.4 is 15.4 Å². The molecule has 12 heteroatoms. The molecule has 1 aliphatic heterocycles. The van der Waals surface area contributed by atoms with Gasteiger partial charge in [0.2, 0.25) is 10.3 Å². The van der Waals surface area contributed by atoms with E-state index in [-0.39, 0.29) is 23.8 Å².